The number of aromatic nitrogens is 1. The Morgan fingerprint density at radius 2 is 1.69 bits per heavy atom. The summed E-state index contributed by atoms with van der Waals surface area (Å²) in [5, 5.41) is 15.9. The van der Waals surface area contributed by atoms with E-state index < -0.39 is 18.6 Å². The second-order valence-electron chi connectivity index (χ2n) is 17.5. The van der Waals surface area contributed by atoms with E-state index >= 15 is 0 Å². The molecular weight excluding hydrogens is 862 g/mol. The molecule has 5 aromatic rings. The molecule has 1 aromatic heterocycles. The number of piperidine rings is 1. The third-order valence-electron chi connectivity index (χ3n) is 12.2. The molecule has 3 amide bonds. The van der Waals surface area contributed by atoms with Gasteiger partial charge in [0, 0.05) is 54.6 Å². The van der Waals surface area contributed by atoms with Gasteiger partial charge in [-0.05, 0) is 110 Å². The molecule has 5 N–H and O–H groups in total. The SMILES string of the molecule is COc1cc(C(=O)NCC(=O)NCc2ccc(COc3ccc4c(c3)N(C)C(C(C)C)C(=O)NCC4)cc2)ccc1NCC#Cc1cc2c(NC3CCN(C)CC3)cccc2n1CC(F)(F)F. The molecule has 16 heteroatoms. The molecular formula is C51H59F3N8O5. The van der Waals surface area contributed by atoms with Gasteiger partial charge in [0.2, 0.25) is 11.8 Å². The number of nitrogens with zero attached hydrogens (tertiary/aromatic N) is 3. The molecule has 1 saturated heterocycles. The minimum Gasteiger partial charge on any atom is -0.495 e. The molecule has 1 unspecified atom stereocenters. The largest absolute Gasteiger partial charge is 0.495 e. The van der Waals surface area contributed by atoms with Gasteiger partial charge in [0.1, 0.15) is 30.7 Å². The van der Waals surface area contributed by atoms with Crippen LogP contribution >= 0.6 is 0 Å². The number of ether oxygens (including phenoxy) is 2. The van der Waals surface area contributed by atoms with Gasteiger partial charge in [0.15, 0.2) is 0 Å². The highest BCUT2D eigenvalue weighted by atomic mass is 19.4. The number of hydrogen-bond donors (Lipinski definition) is 5. The van der Waals surface area contributed by atoms with Crippen LogP contribution in [0, 0.1) is 17.8 Å². The number of anilines is 3. The van der Waals surface area contributed by atoms with Crippen molar-refractivity contribution >= 4 is 45.7 Å². The zero-order valence-corrected chi connectivity index (χ0v) is 38.6. The lowest BCUT2D eigenvalue weighted by Crippen LogP contribution is -2.50. The van der Waals surface area contributed by atoms with Crippen molar-refractivity contribution in [3.05, 3.63) is 113 Å². The minimum atomic E-state index is -4.45. The van der Waals surface area contributed by atoms with Gasteiger partial charge in [-0.3, -0.25) is 14.4 Å². The number of amides is 3. The van der Waals surface area contributed by atoms with Crippen molar-refractivity contribution < 1.29 is 37.0 Å². The summed E-state index contributed by atoms with van der Waals surface area (Å²) in [6, 6.07) is 25.4. The maximum atomic E-state index is 13.8. The molecule has 1 atom stereocenters. The smallest absolute Gasteiger partial charge is 0.406 e. The van der Waals surface area contributed by atoms with Gasteiger partial charge in [-0.15, -0.1) is 0 Å². The normalized spacial score (nSPS) is 15.7. The highest BCUT2D eigenvalue weighted by molar-refractivity contribution is 5.97. The summed E-state index contributed by atoms with van der Waals surface area (Å²) in [7, 11) is 5.48. The van der Waals surface area contributed by atoms with Crippen molar-refractivity contribution in [3.63, 3.8) is 0 Å². The Morgan fingerprint density at radius 1 is 0.925 bits per heavy atom. The van der Waals surface area contributed by atoms with Crippen LogP contribution < -0.4 is 41.0 Å². The van der Waals surface area contributed by atoms with Crippen LogP contribution in [0.5, 0.6) is 11.5 Å². The molecule has 354 valence electrons. The first-order chi connectivity index (χ1) is 32.1. The number of halogens is 3. The number of likely N-dealkylation sites (tertiary alicyclic amines) is 1. The summed E-state index contributed by atoms with van der Waals surface area (Å²) >= 11 is 0. The molecule has 0 bridgehead atoms. The maximum Gasteiger partial charge on any atom is 0.406 e. The quantitative estimate of drug-likeness (QED) is 0.0707. The number of carbonyl (C=O) groups is 3. The molecule has 7 rings (SSSR count). The van der Waals surface area contributed by atoms with Crippen LogP contribution in [0.4, 0.5) is 30.2 Å². The highest BCUT2D eigenvalue weighted by Gasteiger charge is 2.31. The Balaban J connectivity index is 0.884. The number of alkyl halides is 3. The summed E-state index contributed by atoms with van der Waals surface area (Å²) in [4.78, 5) is 42.8. The van der Waals surface area contributed by atoms with E-state index in [1.165, 1.54) is 17.7 Å². The Kier molecular flexibility index (Phi) is 15.5. The Bertz CT molecular complexity index is 2610. The van der Waals surface area contributed by atoms with E-state index in [-0.39, 0.29) is 60.7 Å². The van der Waals surface area contributed by atoms with Crippen LogP contribution in [-0.2, 0) is 35.7 Å². The topological polar surface area (TPSA) is 141 Å². The monoisotopic (exact) mass is 920 g/mol. The van der Waals surface area contributed by atoms with Crippen LogP contribution in [0.25, 0.3) is 10.9 Å². The zero-order valence-electron chi connectivity index (χ0n) is 38.6. The molecule has 4 aromatic carbocycles. The van der Waals surface area contributed by atoms with Gasteiger partial charge in [-0.25, -0.2) is 0 Å². The third-order valence-corrected chi connectivity index (χ3v) is 12.2. The minimum absolute atomic E-state index is 0.0251. The number of rotatable bonds is 15. The van der Waals surface area contributed by atoms with Crippen LogP contribution in [0.2, 0.25) is 0 Å². The summed E-state index contributed by atoms with van der Waals surface area (Å²) in [5.74, 6) is 6.24. The van der Waals surface area contributed by atoms with E-state index in [0.29, 0.717) is 41.2 Å². The molecule has 67 heavy (non-hydrogen) atoms. The standard InChI is InChI=1S/C51H59F3N8O5/c1-33(2)48-50(65)56-23-19-36-15-17-40(28-45(36)61(48)4)67-31-35-13-11-34(12-14-35)29-57-47(63)30-58-49(64)37-16-18-43(46(26-37)66-5)55-22-7-8-39-27-41-42(59-38-20-24-60(3)25-21-38)9-6-10-44(41)62(39)32-51(52,53)54/h6,9-18,26-28,33,38,48,55,59H,19-25,29-32H2,1-5H3,(H,56,65)(H,57,63)(H,58,64). The number of fused-ring (bicyclic) bond motifs is 2. The molecule has 2 aliphatic rings. The first-order valence-corrected chi connectivity index (χ1v) is 22.6. The molecule has 0 saturated carbocycles. The first-order valence-electron chi connectivity index (χ1n) is 22.6. The molecule has 2 aliphatic heterocycles. The van der Waals surface area contributed by atoms with Crippen LogP contribution in [0.3, 0.4) is 0 Å². The average molecular weight is 921 g/mol. The number of methoxy groups -OCH3 is 1. The molecule has 3 heterocycles. The first kappa shape index (κ1) is 48.1. The number of nitrogens with one attached hydrogen (secondary N) is 5. The van der Waals surface area contributed by atoms with Gasteiger partial charge in [-0.2, -0.15) is 13.2 Å². The zero-order chi connectivity index (χ0) is 47.7. The fourth-order valence-corrected chi connectivity index (χ4v) is 8.61. The fourth-order valence-electron chi connectivity index (χ4n) is 8.61. The van der Waals surface area contributed by atoms with E-state index in [9.17, 15) is 27.6 Å². The lowest BCUT2D eigenvalue weighted by Gasteiger charge is -2.35. The number of carbonyl (C=O) groups excluding carboxylic acids is 3. The predicted molar refractivity (Wildman–Crippen MR) is 256 cm³/mol. The van der Waals surface area contributed by atoms with Crippen molar-refractivity contribution in [1.82, 2.24) is 25.4 Å². The maximum absolute atomic E-state index is 13.8. The third kappa shape index (κ3) is 12.5. The van der Waals surface area contributed by atoms with Gasteiger partial charge in [0.05, 0.1) is 37.1 Å². The van der Waals surface area contributed by atoms with Crippen molar-refractivity contribution in [2.24, 2.45) is 5.92 Å². The van der Waals surface area contributed by atoms with Crippen molar-refractivity contribution in [1.29, 1.82) is 0 Å². The Morgan fingerprint density at radius 3 is 2.42 bits per heavy atom. The number of benzene rings is 4. The lowest BCUT2D eigenvalue weighted by atomic mass is 9.97. The second kappa shape index (κ2) is 21.6. The second-order valence-corrected chi connectivity index (χ2v) is 17.5. The van der Waals surface area contributed by atoms with Crippen molar-refractivity contribution in [3.8, 4) is 23.3 Å². The van der Waals surface area contributed by atoms with Crippen LogP contribution in [0.15, 0.2) is 84.9 Å². The molecule has 0 aliphatic carbocycles. The Labute approximate surface area is 389 Å². The van der Waals surface area contributed by atoms with Gasteiger partial charge in [0.25, 0.3) is 5.91 Å². The molecule has 0 spiro atoms. The molecule has 13 nitrogen and oxygen atoms in total. The lowest BCUT2D eigenvalue weighted by molar-refractivity contribution is -0.140. The van der Waals surface area contributed by atoms with Crippen molar-refractivity contribution in [2.75, 3.05) is 69.5 Å². The van der Waals surface area contributed by atoms with Gasteiger partial charge < -0.3 is 50.4 Å². The van der Waals surface area contributed by atoms with Crippen molar-refractivity contribution in [2.45, 2.75) is 71.1 Å². The summed E-state index contributed by atoms with van der Waals surface area (Å²) in [6.07, 6.45) is -1.83. The predicted octanol–water partition coefficient (Wildman–Crippen LogP) is 6.94. The number of likely N-dealkylation sites (N-methyl/N-ethyl adjacent to an activating group) is 1. The number of hydrogen-bond acceptors (Lipinski definition) is 9. The van der Waals surface area contributed by atoms with E-state index in [2.05, 4.69) is 56.4 Å². The van der Waals surface area contributed by atoms with E-state index in [4.69, 9.17) is 9.47 Å². The summed E-state index contributed by atoms with van der Waals surface area (Å²) < 4.78 is 54.2. The van der Waals surface area contributed by atoms with Crippen LogP contribution in [-0.4, -0.2) is 99.4 Å². The molecule has 0 radical (unpaired) electrons. The fraction of sp³-hybridized carbons (Fsp3) is 0.392. The van der Waals surface area contributed by atoms with Gasteiger partial charge >= 0.3 is 6.18 Å². The van der Waals surface area contributed by atoms with Gasteiger partial charge in [-0.1, -0.05) is 56.2 Å². The molecule has 1 fully saturated rings. The highest BCUT2D eigenvalue weighted by Crippen LogP contribution is 2.33. The average Bonchev–Trinajstić information content (AvgIpc) is 3.65. The summed E-state index contributed by atoms with van der Waals surface area (Å²) in [5.41, 5.74) is 6.23. The van der Waals surface area contributed by atoms with Crippen LogP contribution in [0.1, 0.15) is 59.4 Å². The van der Waals surface area contributed by atoms with E-state index in [1.54, 1.807) is 30.3 Å². The summed E-state index contributed by atoms with van der Waals surface area (Å²) in [6.45, 7) is 5.83. The Hall–Kier alpha value is -6.86. The van der Waals surface area contributed by atoms with E-state index in [0.717, 1.165) is 60.4 Å². The van der Waals surface area contributed by atoms with E-state index in [1.807, 2.05) is 68.3 Å².